The van der Waals surface area contributed by atoms with Crippen LogP contribution < -0.4 is 10.1 Å². The lowest BCUT2D eigenvalue weighted by molar-refractivity contribution is 0.0992. The summed E-state index contributed by atoms with van der Waals surface area (Å²) < 4.78 is 5.98. The van der Waals surface area contributed by atoms with E-state index < -0.39 is 0 Å². The van der Waals surface area contributed by atoms with Gasteiger partial charge >= 0.3 is 0 Å². The topological polar surface area (TPSA) is 38.3 Å². The molecule has 0 aliphatic carbocycles. The van der Waals surface area contributed by atoms with Gasteiger partial charge in [0.15, 0.2) is 5.78 Å². The van der Waals surface area contributed by atoms with Gasteiger partial charge in [-0.05, 0) is 31.7 Å². The first-order chi connectivity index (χ1) is 7.10. The predicted molar refractivity (Wildman–Crippen MR) is 63.7 cm³/mol. The van der Waals surface area contributed by atoms with Crippen LogP contribution in [0.5, 0.6) is 5.75 Å². The van der Waals surface area contributed by atoms with Gasteiger partial charge in [-0.25, -0.2) is 0 Å². The van der Waals surface area contributed by atoms with E-state index >= 15 is 0 Å². The first-order valence-corrected chi connectivity index (χ1v) is 5.41. The fourth-order valence-electron chi connectivity index (χ4n) is 1.34. The van der Waals surface area contributed by atoms with Gasteiger partial charge in [0.25, 0.3) is 0 Å². The lowest BCUT2D eigenvalue weighted by atomic mass is 10.1. The Hall–Kier alpha value is -0.870. The molecular formula is C11H14BrNO2. The number of hydrogen-bond acceptors (Lipinski definition) is 3. The molecule has 15 heavy (non-hydrogen) atoms. The molecule has 0 saturated heterocycles. The Morgan fingerprint density at radius 1 is 1.53 bits per heavy atom. The van der Waals surface area contributed by atoms with Crippen LogP contribution in [0.15, 0.2) is 16.6 Å². The molecule has 1 rings (SSSR count). The number of Topliss-reactive ketones (excluding diaryl/α,β-unsaturated/α-hetero) is 1. The van der Waals surface area contributed by atoms with Crippen LogP contribution in [0, 0.1) is 6.92 Å². The van der Waals surface area contributed by atoms with E-state index in [4.69, 9.17) is 4.74 Å². The fourth-order valence-corrected chi connectivity index (χ4v) is 2.02. The molecule has 0 aliphatic rings. The number of ether oxygens (including phenoxy) is 1. The third-order valence-electron chi connectivity index (χ3n) is 2.12. The molecule has 0 aromatic heterocycles. The van der Waals surface area contributed by atoms with Gasteiger partial charge in [-0.15, -0.1) is 0 Å². The van der Waals surface area contributed by atoms with Crippen molar-refractivity contribution < 1.29 is 9.53 Å². The van der Waals surface area contributed by atoms with E-state index in [0.29, 0.717) is 12.1 Å². The van der Waals surface area contributed by atoms with Crippen LogP contribution in [0.3, 0.4) is 0 Å². The summed E-state index contributed by atoms with van der Waals surface area (Å²) in [6.07, 6.45) is 0. The van der Waals surface area contributed by atoms with Crippen molar-refractivity contribution in [1.82, 2.24) is 5.32 Å². The Labute approximate surface area is 97.9 Å². The van der Waals surface area contributed by atoms with E-state index in [-0.39, 0.29) is 5.78 Å². The smallest absolute Gasteiger partial charge is 0.177 e. The number of aryl methyl sites for hydroxylation is 1. The van der Waals surface area contributed by atoms with Gasteiger partial charge in [0.05, 0.1) is 13.7 Å². The van der Waals surface area contributed by atoms with Crippen LogP contribution in [-0.2, 0) is 0 Å². The quantitative estimate of drug-likeness (QED) is 0.854. The molecule has 0 bridgehead atoms. The van der Waals surface area contributed by atoms with Gasteiger partial charge < -0.3 is 10.1 Å². The molecule has 4 heteroatoms. The summed E-state index contributed by atoms with van der Waals surface area (Å²) in [7, 11) is 3.35. The van der Waals surface area contributed by atoms with Crippen molar-refractivity contribution >= 4 is 21.7 Å². The van der Waals surface area contributed by atoms with E-state index in [1.165, 1.54) is 0 Å². The molecule has 0 amide bonds. The number of carbonyl (C=O) groups is 1. The van der Waals surface area contributed by atoms with Gasteiger partial charge in [-0.3, -0.25) is 4.79 Å². The molecule has 1 N–H and O–H groups in total. The number of nitrogens with one attached hydrogen (secondary N) is 1. The molecule has 0 heterocycles. The molecule has 1 aromatic carbocycles. The molecule has 0 atom stereocenters. The number of benzene rings is 1. The zero-order valence-electron chi connectivity index (χ0n) is 9.06. The Balaban J connectivity index is 3.12. The summed E-state index contributed by atoms with van der Waals surface area (Å²) in [5.74, 6) is 0.778. The molecule has 3 nitrogen and oxygen atoms in total. The maximum Gasteiger partial charge on any atom is 0.177 e. The van der Waals surface area contributed by atoms with Crippen LogP contribution in [-0.4, -0.2) is 26.5 Å². The van der Waals surface area contributed by atoms with E-state index in [1.807, 2.05) is 13.0 Å². The van der Waals surface area contributed by atoms with Gasteiger partial charge in [-0.1, -0.05) is 15.9 Å². The van der Waals surface area contributed by atoms with Crippen molar-refractivity contribution in [2.75, 3.05) is 20.7 Å². The monoisotopic (exact) mass is 271 g/mol. The number of methoxy groups -OCH3 is 1. The van der Waals surface area contributed by atoms with Crippen LogP contribution in [0.25, 0.3) is 0 Å². The van der Waals surface area contributed by atoms with E-state index in [0.717, 1.165) is 15.8 Å². The molecule has 0 fully saturated rings. The summed E-state index contributed by atoms with van der Waals surface area (Å²) in [6.45, 7) is 2.26. The van der Waals surface area contributed by atoms with Crippen molar-refractivity contribution in [3.63, 3.8) is 0 Å². The van der Waals surface area contributed by atoms with Crippen LogP contribution in [0.1, 0.15) is 15.9 Å². The molecule has 0 unspecified atom stereocenters. The maximum atomic E-state index is 11.7. The van der Waals surface area contributed by atoms with Gasteiger partial charge in [-0.2, -0.15) is 0 Å². The normalized spacial score (nSPS) is 10.1. The average Bonchev–Trinajstić information content (AvgIpc) is 2.18. The zero-order valence-corrected chi connectivity index (χ0v) is 10.6. The highest BCUT2D eigenvalue weighted by atomic mass is 79.9. The predicted octanol–water partition coefficient (Wildman–Crippen LogP) is 2.17. The molecule has 0 aliphatic heterocycles. The van der Waals surface area contributed by atoms with Crippen molar-refractivity contribution in [2.24, 2.45) is 0 Å². The van der Waals surface area contributed by atoms with Gasteiger partial charge in [0, 0.05) is 10.0 Å². The average molecular weight is 272 g/mol. The van der Waals surface area contributed by atoms with Crippen LogP contribution in [0.2, 0.25) is 0 Å². The maximum absolute atomic E-state index is 11.7. The minimum Gasteiger partial charge on any atom is -0.496 e. The van der Waals surface area contributed by atoms with E-state index in [9.17, 15) is 4.79 Å². The molecule has 0 saturated carbocycles. The Kier molecular flexibility index (Phi) is 4.29. The first kappa shape index (κ1) is 12.2. The summed E-state index contributed by atoms with van der Waals surface area (Å²) in [6, 6.07) is 3.65. The Morgan fingerprint density at radius 2 is 2.20 bits per heavy atom. The highest BCUT2D eigenvalue weighted by Crippen LogP contribution is 2.26. The van der Waals surface area contributed by atoms with Crippen LogP contribution in [0.4, 0.5) is 0 Å². The highest BCUT2D eigenvalue weighted by molar-refractivity contribution is 9.10. The van der Waals surface area contributed by atoms with Crippen molar-refractivity contribution in [3.05, 3.63) is 27.7 Å². The first-order valence-electron chi connectivity index (χ1n) is 4.62. The SMILES string of the molecule is CNCC(=O)c1cc(OC)c(C)cc1Br. The Bertz CT molecular complexity index is 377. The largest absolute Gasteiger partial charge is 0.496 e. The van der Waals surface area contributed by atoms with Crippen molar-refractivity contribution in [3.8, 4) is 5.75 Å². The lowest BCUT2D eigenvalue weighted by Crippen LogP contribution is -2.19. The fraction of sp³-hybridized carbons (Fsp3) is 0.364. The number of rotatable bonds is 4. The van der Waals surface area contributed by atoms with Gasteiger partial charge in [0.2, 0.25) is 0 Å². The third-order valence-corrected chi connectivity index (χ3v) is 2.78. The summed E-state index contributed by atoms with van der Waals surface area (Å²) in [5, 5.41) is 2.83. The second kappa shape index (κ2) is 5.28. The zero-order chi connectivity index (χ0) is 11.4. The van der Waals surface area contributed by atoms with Crippen molar-refractivity contribution in [2.45, 2.75) is 6.92 Å². The number of hydrogen-bond donors (Lipinski definition) is 1. The van der Waals surface area contributed by atoms with E-state index in [1.54, 1.807) is 20.2 Å². The molecule has 82 valence electrons. The van der Waals surface area contributed by atoms with Crippen molar-refractivity contribution in [1.29, 1.82) is 0 Å². The van der Waals surface area contributed by atoms with Gasteiger partial charge in [0.1, 0.15) is 5.75 Å². The summed E-state index contributed by atoms with van der Waals surface area (Å²) in [5.41, 5.74) is 1.65. The number of carbonyl (C=O) groups excluding carboxylic acids is 1. The highest BCUT2D eigenvalue weighted by Gasteiger charge is 2.12. The Morgan fingerprint density at radius 3 is 2.73 bits per heavy atom. The van der Waals surface area contributed by atoms with Crippen LogP contribution >= 0.6 is 15.9 Å². The second-order valence-electron chi connectivity index (χ2n) is 3.26. The molecule has 0 spiro atoms. The number of halogens is 1. The summed E-state index contributed by atoms with van der Waals surface area (Å²) in [4.78, 5) is 11.7. The summed E-state index contributed by atoms with van der Waals surface area (Å²) >= 11 is 3.38. The minimum absolute atomic E-state index is 0.0441. The standard InChI is InChI=1S/C11H14BrNO2/c1-7-4-9(12)8(5-11(7)15-3)10(14)6-13-2/h4-5,13H,6H2,1-3H3. The minimum atomic E-state index is 0.0441. The molecular weight excluding hydrogens is 258 g/mol. The number of ketones is 1. The lowest BCUT2D eigenvalue weighted by Gasteiger charge is -2.09. The third kappa shape index (κ3) is 2.79. The van der Waals surface area contributed by atoms with E-state index in [2.05, 4.69) is 21.2 Å². The molecule has 1 aromatic rings. The molecule has 0 radical (unpaired) electrons. The number of likely N-dealkylation sites (N-methyl/N-ethyl adjacent to an activating group) is 1. The second-order valence-corrected chi connectivity index (χ2v) is 4.11.